The van der Waals surface area contributed by atoms with E-state index in [2.05, 4.69) is 4.98 Å². The van der Waals surface area contributed by atoms with Gasteiger partial charge in [-0.15, -0.1) is 0 Å². The average Bonchev–Trinajstić information content (AvgIpc) is 3.24. The molecular formula is C22H16BN2O5. The summed E-state index contributed by atoms with van der Waals surface area (Å²) in [4.78, 5) is 15.8. The van der Waals surface area contributed by atoms with Crippen molar-refractivity contribution in [2.45, 2.75) is 20.0 Å². The van der Waals surface area contributed by atoms with Gasteiger partial charge >= 0.3 is 13.5 Å². The number of hydrogen-bond donors (Lipinski definition) is 0. The van der Waals surface area contributed by atoms with Gasteiger partial charge in [0.05, 0.1) is 12.2 Å². The molecule has 0 unspecified atom stereocenters. The predicted octanol–water partition coefficient (Wildman–Crippen LogP) is 3.63. The molecule has 1 aliphatic heterocycles. The predicted molar refractivity (Wildman–Crippen MR) is 108 cm³/mol. The largest absolute Gasteiger partial charge is 0.453 e. The summed E-state index contributed by atoms with van der Waals surface area (Å²) in [6, 6.07) is 15.7. The number of nitrogens with zero attached hydrogens (tertiary/aromatic N) is 2. The molecule has 0 aliphatic carbocycles. The number of esters is 1. The fourth-order valence-corrected chi connectivity index (χ4v) is 2.77. The van der Waals surface area contributed by atoms with Gasteiger partial charge in [0.15, 0.2) is 11.5 Å². The molecule has 8 heteroatoms. The number of carbonyl (C=O) groups excluding carboxylic acids is 1. The van der Waals surface area contributed by atoms with Gasteiger partial charge in [0.25, 0.3) is 0 Å². The maximum atomic E-state index is 11.7. The average molecular weight is 399 g/mol. The van der Waals surface area contributed by atoms with Gasteiger partial charge in [-0.05, 0) is 41.4 Å². The quantitative estimate of drug-likeness (QED) is 0.355. The second kappa shape index (κ2) is 8.68. The molecule has 0 saturated carbocycles. The molecule has 1 aliphatic rings. The molecule has 2 heterocycles. The Morgan fingerprint density at radius 2 is 2.00 bits per heavy atom. The molecule has 30 heavy (non-hydrogen) atoms. The van der Waals surface area contributed by atoms with Crippen molar-refractivity contribution >= 4 is 18.9 Å². The Morgan fingerprint density at radius 3 is 2.77 bits per heavy atom. The highest BCUT2D eigenvalue weighted by molar-refractivity contribution is 6.48. The molecule has 3 aromatic rings. The molecule has 2 aromatic carbocycles. The van der Waals surface area contributed by atoms with Crippen LogP contribution < -0.4 is 19.7 Å². The van der Waals surface area contributed by atoms with Gasteiger partial charge in [0.1, 0.15) is 17.6 Å². The smallest absolute Gasteiger partial charge is 0.330 e. The lowest BCUT2D eigenvalue weighted by atomic mass is 9.87. The fraction of sp³-hybridized carbons (Fsp3) is 0.136. The molecule has 1 radical (unpaired) electrons. The molecule has 7 nitrogen and oxygen atoms in total. The SMILES string of the molecule is CCC(=O)Oc1ccc(Oc2ccc3c(c2)CO[B]3)c(Oc2ccc(C#N)cn2)c1. The maximum Gasteiger partial charge on any atom is 0.330 e. The van der Waals surface area contributed by atoms with Crippen molar-refractivity contribution in [1.82, 2.24) is 4.98 Å². The summed E-state index contributed by atoms with van der Waals surface area (Å²) in [7, 11) is 1.71. The van der Waals surface area contributed by atoms with Crippen molar-refractivity contribution in [3.05, 3.63) is 65.9 Å². The highest BCUT2D eigenvalue weighted by Crippen LogP contribution is 2.37. The normalized spacial score (nSPS) is 11.7. The zero-order valence-corrected chi connectivity index (χ0v) is 16.1. The zero-order chi connectivity index (χ0) is 20.9. The fourth-order valence-electron chi connectivity index (χ4n) is 2.77. The van der Waals surface area contributed by atoms with E-state index in [0.29, 0.717) is 35.2 Å². The number of benzene rings is 2. The van der Waals surface area contributed by atoms with Gasteiger partial charge in [0, 0.05) is 24.8 Å². The van der Waals surface area contributed by atoms with E-state index in [9.17, 15) is 4.79 Å². The van der Waals surface area contributed by atoms with Crippen LogP contribution >= 0.6 is 0 Å². The molecule has 0 spiro atoms. The lowest BCUT2D eigenvalue weighted by molar-refractivity contribution is -0.134. The van der Waals surface area contributed by atoms with Crippen LogP contribution in [0.2, 0.25) is 0 Å². The maximum absolute atomic E-state index is 11.7. The molecule has 0 amide bonds. The van der Waals surface area contributed by atoms with Crippen LogP contribution in [0.15, 0.2) is 54.7 Å². The summed E-state index contributed by atoms with van der Waals surface area (Å²) in [5.41, 5.74) is 2.46. The van der Waals surface area contributed by atoms with Crippen molar-refractivity contribution in [3.8, 4) is 34.9 Å². The van der Waals surface area contributed by atoms with E-state index in [1.54, 1.807) is 44.7 Å². The first-order chi connectivity index (χ1) is 14.6. The summed E-state index contributed by atoms with van der Waals surface area (Å²) in [5, 5.41) is 8.93. The van der Waals surface area contributed by atoms with Crippen molar-refractivity contribution < 1.29 is 23.7 Å². The third-order valence-electron chi connectivity index (χ3n) is 4.31. The Labute approximate surface area is 174 Å². The van der Waals surface area contributed by atoms with Crippen LogP contribution in [0.5, 0.6) is 28.9 Å². The van der Waals surface area contributed by atoms with Gasteiger partial charge in [-0.1, -0.05) is 13.0 Å². The number of fused-ring (bicyclic) bond motifs is 1. The second-order valence-electron chi connectivity index (χ2n) is 6.43. The van der Waals surface area contributed by atoms with Gasteiger partial charge in [-0.25, -0.2) is 4.98 Å². The summed E-state index contributed by atoms with van der Waals surface area (Å²) < 4.78 is 22.5. The summed E-state index contributed by atoms with van der Waals surface area (Å²) >= 11 is 0. The van der Waals surface area contributed by atoms with Crippen molar-refractivity contribution in [2.24, 2.45) is 0 Å². The van der Waals surface area contributed by atoms with Gasteiger partial charge in [-0.2, -0.15) is 5.26 Å². The van der Waals surface area contributed by atoms with E-state index >= 15 is 0 Å². The number of hydrogen-bond acceptors (Lipinski definition) is 7. The van der Waals surface area contributed by atoms with Gasteiger partial charge < -0.3 is 18.9 Å². The molecular weight excluding hydrogens is 383 g/mol. The van der Waals surface area contributed by atoms with Crippen molar-refractivity contribution in [2.75, 3.05) is 0 Å². The highest BCUT2D eigenvalue weighted by atomic mass is 16.5. The van der Waals surface area contributed by atoms with Crippen LogP contribution in [0, 0.1) is 11.3 Å². The molecule has 0 N–H and O–H groups in total. The van der Waals surface area contributed by atoms with Gasteiger partial charge in [-0.3, -0.25) is 4.79 Å². The topological polar surface area (TPSA) is 90.7 Å². The Bertz CT molecular complexity index is 1130. The molecule has 0 bridgehead atoms. The second-order valence-corrected chi connectivity index (χ2v) is 6.43. The highest BCUT2D eigenvalue weighted by Gasteiger charge is 2.16. The molecule has 0 fully saturated rings. The van der Waals surface area contributed by atoms with Crippen LogP contribution in [0.25, 0.3) is 0 Å². The molecule has 4 rings (SSSR count). The molecule has 0 saturated heterocycles. The molecule has 0 atom stereocenters. The van der Waals surface area contributed by atoms with E-state index in [-0.39, 0.29) is 18.3 Å². The minimum atomic E-state index is -0.360. The first-order valence-corrected chi connectivity index (χ1v) is 9.29. The first-order valence-electron chi connectivity index (χ1n) is 9.29. The van der Waals surface area contributed by atoms with Crippen molar-refractivity contribution in [1.29, 1.82) is 5.26 Å². The van der Waals surface area contributed by atoms with E-state index < -0.39 is 0 Å². The van der Waals surface area contributed by atoms with Crippen LogP contribution in [-0.2, 0) is 16.1 Å². The monoisotopic (exact) mass is 399 g/mol. The summed E-state index contributed by atoms with van der Waals surface area (Å²) in [6.45, 7) is 2.21. The molecule has 147 valence electrons. The Kier molecular flexibility index (Phi) is 5.64. The van der Waals surface area contributed by atoms with Crippen LogP contribution in [0.1, 0.15) is 24.5 Å². The first kappa shape index (κ1) is 19.5. The standard InChI is InChI=1S/C22H16BN2O5/c1-2-22(26)29-17-5-7-19(28-16-4-6-18-15(9-16)13-27-23-18)20(10-17)30-21-8-3-14(11-24)12-25-21/h3-10,12H,2,13H2,1H3. The number of rotatable bonds is 6. The third kappa shape index (κ3) is 4.42. The summed E-state index contributed by atoms with van der Waals surface area (Å²) in [5.74, 6) is 1.59. The Balaban J connectivity index is 1.63. The minimum absolute atomic E-state index is 0.250. The van der Waals surface area contributed by atoms with Crippen LogP contribution in [0.3, 0.4) is 0 Å². The Hall–Kier alpha value is -3.83. The number of nitriles is 1. The number of ether oxygens (including phenoxy) is 3. The van der Waals surface area contributed by atoms with Crippen molar-refractivity contribution in [3.63, 3.8) is 0 Å². The lowest BCUT2D eigenvalue weighted by Gasteiger charge is -2.14. The number of pyridine rings is 1. The zero-order valence-electron chi connectivity index (χ0n) is 16.1. The van der Waals surface area contributed by atoms with Crippen LogP contribution in [0.4, 0.5) is 0 Å². The Morgan fingerprint density at radius 1 is 1.13 bits per heavy atom. The summed E-state index contributed by atoms with van der Waals surface area (Å²) in [6.07, 6.45) is 1.66. The lowest BCUT2D eigenvalue weighted by Crippen LogP contribution is -2.10. The van der Waals surface area contributed by atoms with Crippen LogP contribution in [-0.4, -0.2) is 18.4 Å². The third-order valence-corrected chi connectivity index (χ3v) is 4.31. The van der Waals surface area contributed by atoms with E-state index in [1.165, 1.54) is 6.20 Å². The van der Waals surface area contributed by atoms with E-state index in [1.807, 2.05) is 24.3 Å². The number of carbonyl (C=O) groups is 1. The number of aromatic nitrogens is 1. The van der Waals surface area contributed by atoms with E-state index in [4.69, 9.17) is 24.1 Å². The van der Waals surface area contributed by atoms with E-state index in [0.717, 1.165) is 11.0 Å². The molecule has 1 aromatic heterocycles. The minimum Gasteiger partial charge on any atom is -0.453 e. The van der Waals surface area contributed by atoms with Gasteiger partial charge in [0.2, 0.25) is 5.88 Å².